The molecule has 352 valence electrons. The molecule has 0 aliphatic carbocycles. The van der Waals surface area contributed by atoms with E-state index in [1.165, 1.54) is 77.0 Å². The molecular weight excluding hydrogens is 844 g/mol. The molecule has 0 aliphatic rings. The number of aliphatic hydroxyl groups is 2. The van der Waals surface area contributed by atoms with Crippen LogP contribution in [0.25, 0.3) is 0 Å². The number of aromatic nitrogens is 4. The molecule has 4 rings (SSSR count). The number of ether oxygens (including phenoxy) is 2. The Hall–Kier alpha value is -6.56. The summed E-state index contributed by atoms with van der Waals surface area (Å²) in [5.41, 5.74) is -5.74. The number of carbonyl (C=O) groups is 6. The number of benzene rings is 2. The number of carbonyl (C=O) groups excluding carboxylic acids is 1. The lowest BCUT2D eigenvalue weighted by Crippen LogP contribution is -3.06. The Morgan fingerprint density at radius 2 is 1.08 bits per heavy atom. The number of aryl methyl sites for hydroxylation is 2. The quantitative estimate of drug-likeness (QED) is 0.0465. The van der Waals surface area contributed by atoms with E-state index in [4.69, 9.17) is 67.2 Å². The van der Waals surface area contributed by atoms with Gasteiger partial charge >= 0.3 is 29.8 Å². The summed E-state index contributed by atoms with van der Waals surface area (Å²) in [5, 5.41) is 76.8. The van der Waals surface area contributed by atoms with Gasteiger partial charge in [0.25, 0.3) is 0 Å². The van der Waals surface area contributed by atoms with Crippen molar-refractivity contribution in [1.82, 2.24) is 24.5 Å². The maximum atomic E-state index is 10.3. The van der Waals surface area contributed by atoms with E-state index in [1.54, 1.807) is 36.4 Å². The van der Waals surface area contributed by atoms with E-state index in [1.807, 2.05) is 0 Å². The normalized spacial score (nSPS) is 18.8. The Morgan fingerprint density at radius 3 is 1.39 bits per heavy atom. The van der Waals surface area contributed by atoms with Gasteiger partial charge in [0.05, 0.1) is 68.8 Å². The number of carboxylic acid groups (broad SMARTS) is 6. The van der Waals surface area contributed by atoms with Gasteiger partial charge in [0.2, 0.25) is 0 Å². The van der Waals surface area contributed by atoms with Crippen molar-refractivity contribution in [2.45, 2.75) is 49.0 Å². The number of aliphatic carboxylic acids is 6. The van der Waals surface area contributed by atoms with E-state index in [0.29, 0.717) is 9.36 Å². The van der Waals surface area contributed by atoms with Gasteiger partial charge in [-0.2, -0.15) is 10.2 Å². The van der Waals surface area contributed by atoms with Crippen molar-refractivity contribution in [3.05, 3.63) is 108 Å². The van der Waals surface area contributed by atoms with Crippen LogP contribution in [0.15, 0.2) is 85.2 Å². The Bertz CT molecular complexity index is 2530. The van der Waals surface area contributed by atoms with Crippen molar-refractivity contribution in [3.8, 4) is 0 Å². The van der Waals surface area contributed by atoms with Crippen LogP contribution in [-0.4, -0.2) is 162 Å². The first kappa shape index (κ1) is 33.9. The van der Waals surface area contributed by atoms with E-state index in [-0.39, 0.29) is 27.4 Å². The Kier molecular flexibility index (Phi) is 14.6. The van der Waals surface area contributed by atoms with E-state index < -0.39 is 125 Å². The molecule has 0 amide bonds. The molecule has 0 aliphatic heterocycles. The van der Waals surface area contributed by atoms with Crippen molar-refractivity contribution in [3.63, 3.8) is 0 Å². The van der Waals surface area contributed by atoms with E-state index >= 15 is 0 Å². The molecule has 0 spiro atoms. The summed E-state index contributed by atoms with van der Waals surface area (Å²) in [6.45, 7) is -16.4. The minimum absolute atomic E-state index is 0.118. The molecule has 2 aromatic heterocycles. The third-order valence-electron chi connectivity index (χ3n) is 7.26. The number of quaternary nitrogens is 1. The molecule has 0 saturated carbocycles. The van der Waals surface area contributed by atoms with E-state index in [9.17, 15) is 33.9 Å². The minimum atomic E-state index is -2.96. The molecule has 0 radical (unpaired) electrons. The molecule has 22 heteroatoms. The van der Waals surface area contributed by atoms with Crippen molar-refractivity contribution in [2.24, 2.45) is 14.0 Å². The first-order valence-corrected chi connectivity index (χ1v) is 17.9. The molecule has 0 fully saturated rings. The highest BCUT2D eigenvalue weighted by molar-refractivity contribution is 5.88. The van der Waals surface area contributed by atoms with Gasteiger partial charge in [0.15, 0.2) is 11.2 Å². The van der Waals surface area contributed by atoms with Gasteiger partial charge in [-0.3, -0.25) is 23.7 Å². The smallest absolute Gasteiger partial charge is 0.336 e. The average molecular weight is 919 g/mol. The van der Waals surface area contributed by atoms with Crippen molar-refractivity contribution in [2.75, 3.05) is 54.3 Å². The van der Waals surface area contributed by atoms with Gasteiger partial charge in [0.1, 0.15) is 18.7 Å². The second-order valence-electron chi connectivity index (χ2n) is 13.1. The molecule has 0 bridgehead atoms. The number of hydrogen-bond acceptors (Lipinski definition) is 14. The lowest BCUT2D eigenvalue weighted by molar-refractivity contribution is -0.858. The lowest BCUT2D eigenvalue weighted by Gasteiger charge is -2.21. The lowest BCUT2D eigenvalue weighted by atomic mass is 9.96. The molecule has 4 aromatic rings. The van der Waals surface area contributed by atoms with Crippen LogP contribution in [0.2, 0.25) is 0 Å². The summed E-state index contributed by atoms with van der Waals surface area (Å²) in [6, 6.07) is 18.2. The number of hydrogen-bond donors (Lipinski definition) is 8. The Balaban J connectivity index is 0.000000566. The summed E-state index contributed by atoms with van der Waals surface area (Å²) in [5.74, 6) is -10.4. The van der Waals surface area contributed by atoms with Crippen LogP contribution in [-0.2, 0) is 52.2 Å². The van der Waals surface area contributed by atoms with Gasteiger partial charge in [-0.05, 0) is 37.4 Å². The molecule has 3 atom stereocenters. The zero-order chi connectivity index (χ0) is 62.6. The average Bonchev–Trinajstić information content (AvgIpc) is 4.02. The first-order valence-electron chi connectivity index (χ1n) is 25.9. The second-order valence-corrected chi connectivity index (χ2v) is 13.1. The van der Waals surface area contributed by atoms with Crippen LogP contribution in [0.4, 0.5) is 0 Å². The maximum Gasteiger partial charge on any atom is 0.336 e. The summed E-state index contributed by atoms with van der Waals surface area (Å²) >= 11 is 0. The van der Waals surface area contributed by atoms with Gasteiger partial charge in [0, 0.05) is 56.2 Å². The predicted octanol–water partition coefficient (Wildman–Crippen LogP) is -1.07. The van der Waals surface area contributed by atoms with Crippen LogP contribution in [0, 0.1) is 0 Å². The molecule has 2 heterocycles. The van der Waals surface area contributed by atoms with Crippen LogP contribution in [0.3, 0.4) is 0 Å². The van der Waals surface area contributed by atoms with E-state index in [0.717, 1.165) is 4.90 Å². The van der Waals surface area contributed by atoms with Crippen molar-refractivity contribution in [1.29, 1.82) is 0 Å². The highest BCUT2D eigenvalue weighted by Crippen LogP contribution is 2.26. The Morgan fingerprint density at radius 1 is 0.703 bits per heavy atom. The largest absolute Gasteiger partial charge is 0.550 e. The zero-order valence-corrected chi connectivity index (χ0v) is 34.5. The van der Waals surface area contributed by atoms with Crippen molar-refractivity contribution >= 4 is 35.8 Å². The number of likely N-dealkylation sites (N-methyl/N-ethyl adjacent to an activating group) is 2. The fraction of sp³-hybridized carbons (Fsp3) is 0.429. The molecular formula is C42H58N6O16. The van der Waals surface area contributed by atoms with Crippen LogP contribution >= 0.6 is 0 Å². The maximum absolute atomic E-state index is 10.3. The minimum Gasteiger partial charge on any atom is -0.550 e. The van der Waals surface area contributed by atoms with Crippen LogP contribution in [0.5, 0.6) is 0 Å². The third-order valence-corrected chi connectivity index (χ3v) is 7.26. The fourth-order valence-electron chi connectivity index (χ4n) is 4.41. The summed E-state index contributed by atoms with van der Waals surface area (Å²) in [7, 11) is 5.51. The summed E-state index contributed by atoms with van der Waals surface area (Å²) < 4.78 is 140. The summed E-state index contributed by atoms with van der Waals surface area (Å²) in [6.07, 6.45) is -7.09. The van der Waals surface area contributed by atoms with Crippen molar-refractivity contribution < 1.29 is 106 Å². The third kappa shape index (κ3) is 20.5. The standard InChI is InChI=1S/2C15H21N3O.2C6H8O7/c2*1-17(2)11-12-19-15(13-7-5-4-6-8-13)14-9-10-16-18(14)3;2*7-3(8)1-6(13,5(11)12)2-4(9)10/h2*4-10,15H,11-12H2,1-3H3;2*13H,1-2H2,(H,7,8)(H,9,10)(H,11,12)/i2*3D3,11D2,12D2,15D;;. The SMILES string of the molecule is O=C(O)CC(O)(CC(=O)O)C(=O)O.O=C([O-])CC(O)(CC(=O)O)C(=O)O.[2H]C(OC([2H])([2H])C([2H])([2H])N(C)C)(c1ccccc1)c1ccnn1C([2H])([2H])[2H].[2H]C(OC([2H])([2H])C([2H])([2H])[NH+](C)C)(c1ccccc1)c1ccnn1C([2H])([2H])[2H]. The second kappa shape index (κ2) is 27.5. The number of nitrogens with zero attached hydrogens (tertiary/aromatic N) is 5. The molecule has 0 saturated heterocycles. The van der Waals surface area contributed by atoms with E-state index in [2.05, 4.69) is 10.2 Å². The zero-order valence-electron chi connectivity index (χ0n) is 50.5. The topological polar surface area (TPSA) is 329 Å². The summed E-state index contributed by atoms with van der Waals surface area (Å²) in [4.78, 5) is 61.9. The first-order chi connectivity index (χ1) is 36.0. The highest BCUT2D eigenvalue weighted by Gasteiger charge is 2.41. The molecule has 2 aromatic carbocycles. The molecule has 64 heavy (non-hydrogen) atoms. The number of carboxylic acids is 6. The van der Waals surface area contributed by atoms with Gasteiger partial charge < -0.3 is 64.9 Å². The monoisotopic (exact) mass is 918 g/mol. The van der Waals surface area contributed by atoms with Crippen LogP contribution < -0.4 is 10.0 Å². The highest BCUT2D eigenvalue weighted by atomic mass is 16.5. The van der Waals surface area contributed by atoms with Crippen LogP contribution in [0.1, 0.15) is 82.3 Å². The number of rotatable bonds is 22. The van der Waals surface area contributed by atoms with Gasteiger partial charge in [-0.1, -0.05) is 60.7 Å². The molecule has 22 nitrogen and oxygen atoms in total. The van der Waals surface area contributed by atoms with Gasteiger partial charge in [-0.25, -0.2) is 9.59 Å². The molecule has 8 N–H and O–H groups in total. The molecule has 3 unspecified atom stereocenters. The van der Waals surface area contributed by atoms with Gasteiger partial charge in [-0.15, -0.1) is 0 Å². The Labute approximate surface area is 391 Å². The fourth-order valence-corrected chi connectivity index (χ4v) is 4.41. The predicted molar refractivity (Wildman–Crippen MR) is 223 cm³/mol. The number of nitrogens with one attached hydrogen (secondary N) is 1.